The number of halogens is 2. The van der Waals surface area contributed by atoms with Gasteiger partial charge in [-0.15, -0.1) is 0 Å². The van der Waals surface area contributed by atoms with Gasteiger partial charge in [0.1, 0.15) is 11.3 Å². The average molecular weight is 350 g/mol. The van der Waals surface area contributed by atoms with Crippen LogP contribution in [0.25, 0.3) is 22.3 Å². The molecule has 20 heavy (non-hydrogen) atoms. The minimum absolute atomic E-state index is 0.0685. The van der Waals surface area contributed by atoms with Crippen LogP contribution in [0.5, 0.6) is 0 Å². The van der Waals surface area contributed by atoms with Crippen LogP contribution in [0.3, 0.4) is 0 Å². The standard InChI is InChI=1S/C16H10BrClO2/c1-9-2-5-15-12(6-9)14(19)8-16(20-15)11-7-10(17)3-4-13(11)18/h2-8H,1H3. The summed E-state index contributed by atoms with van der Waals surface area (Å²) in [6, 6.07) is 12.5. The van der Waals surface area contributed by atoms with E-state index in [1.165, 1.54) is 6.07 Å². The molecule has 0 N–H and O–H groups in total. The zero-order chi connectivity index (χ0) is 14.3. The maximum atomic E-state index is 12.2. The van der Waals surface area contributed by atoms with E-state index in [9.17, 15) is 4.79 Å². The van der Waals surface area contributed by atoms with Crippen LogP contribution >= 0.6 is 27.5 Å². The molecule has 0 radical (unpaired) electrons. The molecule has 0 bridgehead atoms. The molecule has 1 heterocycles. The predicted octanol–water partition coefficient (Wildman–Crippen LogP) is 5.18. The van der Waals surface area contributed by atoms with Gasteiger partial charge in [0.05, 0.1) is 10.4 Å². The fourth-order valence-corrected chi connectivity index (χ4v) is 2.66. The van der Waals surface area contributed by atoms with Crippen molar-refractivity contribution >= 4 is 38.5 Å². The molecule has 1 aromatic heterocycles. The van der Waals surface area contributed by atoms with Crippen LogP contribution in [0.15, 0.2) is 56.1 Å². The van der Waals surface area contributed by atoms with Crippen molar-refractivity contribution < 1.29 is 4.42 Å². The third-order valence-electron chi connectivity index (χ3n) is 3.08. The third-order valence-corrected chi connectivity index (χ3v) is 3.90. The Labute approximate surface area is 129 Å². The van der Waals surface area contributed by atoms with E-state index >= 15 is 0 Å². The zero-order valence-electron chi connectivity index (χ0n) is 10.6. The van der Waals surface area contributed by atoms with E-state index in [4.69, 9.17) is 16.0 Å². The van der Waals surface area contributed by atoms with E-state index in [0.717, 1.165) is 10.0 Å². The van der Waals surface area contributed by atoms with Crippen molar-refractivity contribution in [3.05, 3.63) is 67.7 Å². The van der Waals surface area contributed by atoms with Crippen LogP contribution in [0.4, 0.5) is 0 Å². The van der Waals surface area contributed by atoms with Crippen LogP contribution in [-0.4, -0.2) is 0 Å². The molecule has 0 spiro atoms. The summed E-state index contributed by atoms with van der Waals surface area (Å²) in [5.74, 6) is 0.470. The summed E-state index contributed by atoms with van der Waals surface area (Å²) in [5, 5.41) is 1.13. The highest BCUT2D eigenvalue weighted by molar-refractivity contribution is 9.10. The molecule has 0 saturated carbocycles. The second kappa shape index (κ2) is 5.08. The average Bonchev–Trinajstić information content (AvgIpc) is 2.42. The first kappa shape index (κ1) is 13.4. The lowest BCUT2D eigenvalue weighted by molar-refractivity contribution is 0.619. The summed E-state index contributed by atoms with van der Waals surface area (Å²) in [5.41, 5.74) is 2.22. The summed E-state index contributed by atoms with van der Waals surface area (Å²) < 4.78 is 6.69. The van der Waals surface area contributed by atoms with Gasteiger partial charge < -0.3 is 4.42 Å². The van der Waals surface area contributed by atoms with Crippen molar-refractivity contribution in [2.45, 2.75) is 6.92 Å². The second-order valence-electron chi connectivity index (χ2n) is 4.60. The highest BCUT2D eigenvalue weighted by atomic mass is 79.9. The summed E-state index contributed by atoms with van der Waals surface area (Å²) in [6.07, 6.45) is 0. The molecule has 2 aromatic carbocycles. The number of hydrogen-bond donors (Lipinski definition) is 0. The lowest BCUT2D eigenvalue weighted by Crippen LogP contribution is -2.00. The minimum atomic E-state index is -0.0685. The highest BCUT2D eigenvalue weighted by Crippen LogP contribution is 2.31. The number of fused-ring (bicyclic) bond motifs is 1. The van der Waals surface area contributed by atoms with Gasteiger partial charge in [0.25, 0.3) is 0 Å². The molecule has 0 atom stereocenters. The SMILES string of the molecule is Cc1ccc2oc(-c3cc(Br)ccc3Cl)cc(=O)c2c1. The smallest absolute Gasteiger partial charge is 0.193 e. The Hall–Kier alpha value is -1.58. The molecule has 2 nitrogen and oxygen atoms in total. The van der Waals surface area contributed by atoms with Gasteiger partial charge >= 0.3 is 0 Å². The molecule has 0 amide bonds. The molecular weight excluding hydrogens is 340 g/mol. The van der Waals surface area contributed by atoms with Crippen LogP contribution in [-0.2, 0) is 0 Å². The van der Waals surface area contributed by atoms with E-state index < -0.39 is 0 Å². The molecule has 100 valence electrons. The monoisotopic (exact) mass is 348 g/mol. The Morgan fingerprint density at radius 3 is 2.70 bits per heavy atom. The van der Waals surface area contributed by atoms with Crippen LogP contribution in [0, 0.1) is 6.92 Å². The summed E-state index contributed by atoms with van der Waals surface area (Å²) in [6.45, 7) is 1.94. The molecular formula is C16H10BrClO2. The molecule has 0 aliphatic carbocycles. The molecule has 0 unspecified atom stereocenters. The van der Waals surface area contributed by atoms with Crippen molar-refractivity contribution in [3.8, 4) is 11.3 Å². The summed E-state index contributed by atoms with van der Waals surface area (Å²) >= 11 is 9.57. The normalized spacial score (nSPS) is 10.9. The molecule has 0 saturated heterocycles. The van der Waals surface area contributed by atoms with E-state index in [1.54, 1.807) is 6.07 Å². The van der Waals surface area contributed by atoms with Crippen molar-refractivity contribution in [1.82, 2.24) is 0 Å². The molecule has 3 aromatic rings. The van der Waals surface area contributed by atoms with Crippen LogP contribution in [0.2, 0.25) is 5.02 Å². The Bertz CT molecular complexity index is 868. The summed E-state index contributed by atoms with van der Waals surface area (Å²) in [4.78, 5) is 12.2. The van der Waals surface area contributed by atoms with Gasteiger partial charge in [-0.1, -0.05) is 39.2 Å². The lowest BCUT2D eigenvalue weighted by Gasteiger charge is -2.06. The molecule has 3 rings (SSSR count). The largest absolute Gasteiger partial charge is 0.456 e. The van der Waals surface area contributed by atoms with Crippen molar-refractivity contribution in [1.29, 1.82) is 0 Å². The first-order chi connectivity index (χ1) is 9.54. The quantitative estimate of drug-likeness (QED) is 0.605. The van der Waals surface area contributed by atoms with Crippen molar-refractivity contribution in [3.63, 3.8) is 0 Å². The second-order valence-corrected chi connectivity index (χ2v) is 5.92. The highest BCUT2D eigenvalue weighted by Gasteiger charge is 2.10. The third kappa shape index (κ3) is 2.39. The van der Waals surface area contributed by atoms with Crippen LogP contribution < -0.4 is 5.43 Å². The van der Waals surface area contributed by atoms with Gasteiger partial charge in [0.15, 0.2) is 5.43 Å². The van der Waals surface area contributed by atoms with Gasteiger partial charge in [0, 0.05) is 16.1 Å². The van der Waals surface area contributed by atoms with Crippen molar-refractivity contribution in [2.24, 2.45) is 0 Å². The first-order valence-electron chi connectivity index (χ1n) is 6.04. The van der Waals surface area contributed by atoms with Gasteiger partial charge in [-0.05, 0) is 37.3 Å². The molecule has 4 heteroatoms. The fourth-order valence-electron chi connectivity index (χ4n) is 2.09. The Balaban J connectivity index is 2.30. The maximum Gasteiger partial charge on any atom is 0.193 e. The number of benzene rings is 2. The van der Waals surface area contributed by atoms with Gasteiger partial charge in [-0.2, -0.15) is 0 Å². The first-order valence-corrected chi connectivity index (χ1v) is 7.21. The van der Waals surface area contributed by atoms with Gasteiger partial charge in [-0.3, -0.25) is 4.79 Å². The maximum absolute atomic E-state index is 12.2. The van der Waals surface area contributed by atoms with Crippen molar-refractivity contribution in [2.75, 3.05) is 0 Å². The topological polar surface area (TPSA) is 30.2 Å². The van der Waals surface area contributed by atoms with E-state index in [1.807, 2.05) is 37.3 Å². The number of rotatable bonds is 1. The minimum Gasteiger partial charge on any atom is -0.456 e. The number of aryl methyl sites for hydroxylation is 1. The molecule has 0 aliphatic heterocycles. The zero-order valence-corrected chi connectivity index (χ0v) is 13.0. The fraction of sp³-hybridized carbons (Fsp3) is 0.0625. The lowest BCUT2D eigenvalue weighted by atomic mass is 10.1. The van der Waals surface area contributed by atoms with Gasteiger partial charge in [0.2, 0.25) is 0 Å². The molecule has 0 aliphatic rings. The number of hydrogen-bond acceptors (Lipinski definition) is 2. The predicted molar refractivity (Wildman–Crippen MR) is 85.4 cm³/mol. The Morgan fingerprint density at radius 2 is 1.90 bits per heavy atom. The van der Waals surface area contributed by atoms with E-state index in [2.05, 4.69) is 15.9 Å². The van der Waals surface area contributed by atoms with E-state index in [0.29, 0.717) is 27.3 Å². The Kier molecular flexibility index (Phi) is 3.40. The van der Waals surface area contributed by atoms with E-state index in [-0.39, 0.29) is 5.43 Å². The molecule has 0 fully saturated rings. The van der Waals surface area contributed by atoms with Crippen LogP contribution in [0.1, 0.15) is 5.56 Å². The summed E-state index contributed by atoms with van der Waals surface area (Å²) in [7, 11) is 0. The Morgan fingerprint density at radius 1 is 1.10 bits per heavy atom. The van der Waals surface area contributed by atoms with Gasteiger partial charge in [-0.25, -0.2) is 0 Å².